The standard InChI is InChI=1S/C27H24BrN3O2/c1-16-12-13-22(21(28)14-16)29-26(32)24-18-9-4-5-10-19(18)27(33)31(3)25(24)20-15-30(2)23-11-7-6-8-17(20)23/h4-15,24-25H,1-3H3,(H,29,32)/t24-,25-/m0/s1. The van der Waals surface area contributed by atoms with Crippen LogP contribution in [0.25, 0.3) is 10.9 Å². The second-order valence-electron chi connectivity index (χ2n) is 8.61. The van der Waals surface area contributed by atoms with Crippen LogP contribution in [0.15, 0.2) is 77.4 Å². The minimum absolute atomic E-state index is 0.0795. The van der Waals surface area contributed by atoms with E-state index < -0.39 is 12.0 Å². The maximum Gasteiger partial charge on any atom is 0.254 e. The maximum absolute atomic E-state index is 13.9. The molecule has 1 aliphatic rings. The van der Waals surface area contributed by atoms with Crippen LogP contribution in [0.4, 0.5) is 5.69 Å². The summed E-state index contributed by atoms with van der Waals surface area (Å²) in [6, 6.07) is 20.9. The van der Waals surface area contributed by atoms with Crippen molar-refractivity contribution in [1.82, 2.24) is 9.47 Å². The Bertz CT molecular complexity index is 1410. The number of carbonyl (C=O) groups excluding carboxylic acids is 2. The number of nitrogens with one attached hydrogen (secondary N) is 1. The topological polar surface area (TPSA) is 54.3 Å². The van der Waals surface area contributed by atoms with Gasteiger partial charge in [0, 0.05) is 46.8 Å². The number of para-hydroxylation sites is 1. The number of halogens is 1. The van der Waals surface area contributed by atoms with E-state index in [1.54, 1.807) is 18.0 Å². The highest BCUT2D eigenvalue weighted by Crippen LogP contribution is 2.45. The van der Waals surface area contributed by atoms with Crippen LogP contribution >= 0.6 is 15.9 Å². The van der Waals surface area contributed by atoms with E-state index in [2.05, 4.69) is 37.9 Å². The summed E-state index contributed by atoms with van der Waals surface area (Å²) in [6.07, 6.45) is 2.04. The van der Waals surface area contributed by atoms with E-state index in [1.807, 2.05) is 68.7 Å². The molecule has 1 aromatic heterocycles. The van der Waals surface area contributed by atoms with Crippen molar-refractivity contribution in [2.24, 2.45) is 7.05 Å². The number of aromatic nitrogens is 1. The zero-order valence-corrected chi connectivity index (χ0v) is 20.3. The van der Waals surface area contributed by atoms with Crippen LogP contribution in [0.5, 0.6) is 0 Å². The van der Waals surface area contributed by atoms with Gasteiger partial charge in [-0.3, -0.25) is 9.59 Å². The minimum Gasteiger partial charge on any atom is -0.350 e. The number of fused-ring (bicyclic) bond motifs is 2. The van der Waals surface area contributed by atoms with Crippen molar-refractivity contribution < 1.29 is 9.59 Å². The first-order chi connectivity index (χ1) is 15.9. The normalized spacial score (nSPS) is 17.8. The number of nitrogens with zero attached hydrogens (tertiary/aromatic N) is 2. The van der Waals surface area contributed by atoms with Crippen LogP contribution < -0.4 is 5.32 Å². The van der Waals surface area contributed by atoms with Gasteiger partial charge in [-0.2, -0.15) is 0 Å². The van der Waals surface area contributed by atoms with Crippen LogP contribution in [0, 0.1) is 6.92 Å². The second kappa shape index (κ2) is 8.19. The van der Waals surface area contributed by atoms with Crippen LogP contribution in [0.3, 0.4) is 0 Å². The first-order valence-electron chi connectivity index (χ1n) is 10.8. The molecule has 5 rings (SSSR count). The van der Waals surface area contributed by atoms with Crippen molar-refractivity contribution in [3.05, 3.63) is 99.7 Å². The van der Waals surface area contributed by atoms with Gasteiger partial charge in [0.1, 0.15) is 0 Å². The number of hydrogen-bond acceptors (Lipinski definition) is 2. The zero-order chi connectivity index (χ0) is 23.3. The summed E-state index contributed by atoms with van der Waals surface area (Å²) >= 11 is 3.57. The number of benzene rings is 3. The summed E-state index contributed by atoms with van der Waals surface area (Å²) in [7, 11) is 3.77. The van der Waals surface area contributed by atoms with Crippen molar-refractivity contribution >= 4 is 44.3 Å². The summed E-state index contributed by atoms with van der Waals surface area (Å²) in [5.41, 5.74) is 5.15. The van der Waals surface area contributed by atoms with Gasteiger partial charge in [-0.15, -0.1) is 0 Å². The lowest BCUT2D eigenvalue weighted by atomic mass is 9.79. The molecule has 0 spiro atoms. The number of aryl methyl sites for hydroxylation is 2. The lowest BCUT2D eigenvalue weighted by molar-refractivity contribution is -0.119. The van der Waals surface area contributed by atoms with E-state index in [1.165, 1.54) is 0 Å². The van der Waals surface area contributed by atoms with E-state index in [4.69, 9.17) is 0 Å². The Morgan fingerprint density at radius 3 is 2.48 bits per heavy atom. The highest BCUT2D eigenvalue weighted by atomic mass is 79.9. The lowest BCUT2D eigenvalue weighted by Gasteiger charge is -2.39. The molecule has 0 saturated heterocycles. The van der Waals surface area contributed by atoms with Crippen LogP contribution in [0.2, 0.25) is 0 Å². The van der Waals surface area contributed by atoms with Crippen molar-refractivity contribution in [2.75, 3.05) is 12.4 Å². The summed E-state index contributed by atoms with van der Waals surface area (Å²) in [4.78, 5) is 28.9. The molecular formula is C27H24BrN3O2. The molecule has 33 heavy (non-hydrogen) atoms. The molecule has 0 fully saturated rings. The van der Waals surface area contributed by atoms with Crippen LogP contribution in [-0.2, 0) is 11.8 Å². The maximum atomic E-state index is 13.9. The Kier molecular flexibility index (Phi) is 5.33. The smallest absolute Gasteiger partial charge is 0.254 e. The highest BCUT2D eigenvalue weighted by molar-refractivity contribution is 9.10. The highest BCUT2D eigenvalue weighted by Gasteiger charge is 2.43. The molecular weight excluding hydrogens is 478 g/mol. The van der Waals surface area contributed by atoms with E-state index in [0.717, 1.165) is 32.1 Å². The monoisotopic (exact) mass is 501 g/mol. The van der Waals surface area contributed by atoms with E-state index >= 15 is 0 Å². The van der Waals surface area contributed by atoms with Gasteiger partial charge >= 0.3 is 0 Å². The van der Waals surface area contributed by atoms with Gasteiger partial charge in [0.2, 0.25) is 5.91 Å². The number of carbonyl (C=O) groups is 2. The molecule has 6 heteroatoms. The third-order valence-corrected chi connectivity index (χ3v) is 7.15. The molecule has 4 aromatic rings. The lowest BCUT2D eigenvalue weighted by Crippen LogP contribution is -2.44. The third kappa shape index (κ3) is 3.55. The minimum atomic E-state index is -0.567. The number of likely N-dealkylation sites (N-methyl/N-ethyl adjacent to an activating group) is 1. The molecule has 0 saturated carbocycles. The first-order valence-corrected chi connectivity index (χ1v) is 11.6. The van der Waals surface area contributed by atoms with Crippen LogP contribution in [0.1, 0.15) is 39.0 Å². The second-order valence-corrected chi connectivity index (χ2v) is 9.47. The Morgan fingerprint density at radius 2 is 1.70 bits per heavy atom. The van der Waals surface area contributed by atoms with E-state index in [-0.39, 0.29) is 11.8 Å². The molecule has 3 aromatic carbocycles. The van der Waals surface area contributed by atoms with Gasteiger partial charge in [-0.25, -0.2) is 0 Å². The van der Waals surface area contributed by atoms with Crippen molar-refractivity contribution in [3.63, 3.8) is 0 Å². The first kappa shape index (κ1) is 21.5. The average Bonchev–Trinajstić information content (AvgIpc) is 3.14. The Hall–Kier alpha value is -3.38. The summed E-state index contributed by atoms with van der Waals surface area (Å²) in [5.74, 6) is -0.795. The van der Waals surface area contributed by atoms with Gasteiger partial charge < -0.3 is 14.8 Å². The molecule has 0 radical (unpaired) electrons. The molecule has 0 bridgehead atoms. The Labute approximate surface area is 201 Å². The Morgan fingerprint density at radius 1 is 0.970 bits per heavy atom. The van der Waals surface area contributed by atoms with Gasteiger partial charge in [0.05, 0.1) is 17.6 Å². The predicted octanol–water partition coefficient (Wildman–Crippen LogP) is 5.80. The zero-order valence-electron chi connectivity index (χ0n) is 18.7. The molecule has 1 aliphatic heterocycles. The van der Waals surface area contributed by atoms with Gasteiger partial charge in [-0.05, 0) is 58.2 Å². The quantitative estimate of drug-likeness (QED) is 0.385. The van der Waals surface area contributed by atoms with Gasteiger partial charge in [0.15, 0.2) is 0 Å². The van der Waals surface area contributed by atoms with Crippen molar-refractivity contribution in [2.45, 2.75) is 18.9 Å². The number of amides is 2. The number of hydrogen-bond donors (Lipinski definition) is 1. The van der Waals surface area contributed by atoms with Crippen molar-refractivity contribution in [3.8, 4) is 0 Å². The number of anilines is 1. The average molecular weight is 502 g/mol. The molecule has 1 N–H and O–H groups in total. The van der Waals surface area contributed by atoms with Crippen LogP contribution in [-0.4, -0.2) is 28.3 Å². The third-order valence-electron chi connectivity index (χ3n) is 6.49. The van der Waals surface area contributed by atoms with E-state index in [0.29, 0.717) is 11.3 Å². The van der Waals surface area contributed by atoms with Gasteiger partial charge in [0.25, 0.3) is 5.91 Å². The molecule has 0 unspecified atom stereocenters. The molecule has 2 heterocycles. The fraction of sp³-hybridized carbons (Fsp3) is 0.185. The largest absolute Gasteiger partial charge is 0.350 e. The summed E-state index contributed by atoms with van der Waals surface area (Å²) in [6.45, 7) is 2.00. The molecule has 0 aliphatic carbocycles. The Balaban J connectivity index is 1.67. The molecule has 2 amide bonds. The summed E-state index contributed by atoms with van der Waals surface area (Å²) < 4.78 is 2.88. The number of rotatable bonds is 3. The molecule has 2 atom stereocenters. The van der Waals surface area contributed by atoms with Crippen molar-refractivity contribution in [1.29, 1.82) is 0 Å². The molecule has 166 valence electrons. The van der Waals surface area contributed by atoms with Gasteiger partial charge in [-0.1, -0.05) is 42.5 Å². The summed E-state index contributed by atoms with van der Waals surface area (Å²) in [5, 5.41) is 4.15. The molecule has 5 nitrogen and oxygen atoms in total. The SMILES string of the molecule is Cc1ccc(NC(=O)[C@H]2c3ccccc3C(=O)N(C)[C@H]2c2cn(C)c3ccccc23)c(Br)c1. The fourth-order valence-electron chi connectivity index (χ4n) is 4.89. The fourth-order valence-corrected chi connectivity index (χ4v) is 5.48. The van der Waals surface area contributed by atoms with E-state index in [9.17, 15) is 9.59 Å². The predicted molar refractivity (Wildman–Crippen MR) is 134 cm³/mol.